The van der Waals surface area contributed by atoms with Gasteiger partial charge in [-0.05, 0) is 46.0 Å². The second kappa shape index (κ2) is 4.36. The lowest BCUT2D eigenvalue weighted by Crippen LogP contribution is -2.48. The highest BCUT2D eigenvalue weighted by atomic mass is 79.9. The van der Waals surface area contributed by atoms with Crippen LogP contribution in [0.4, 0.5) is 0 Å². The van der Waals surface area contributed by atoms with E-state index in [0.717, 1.165) is 17.9 Å². The SMILES string of the molecule is Cn1cc(Br)c(C(=O)NN2C(=O)[C@@H]3[C@@H](C2=O)[C@H]2C=C[C@H]3C23CC3)n1. The molecular formula is C16H15BrN4O3. The highest BCUT2D eigenvalue weighted by molar-refractivity contribution is 9.10. The summed E-state index contributed by atoms with van der Waals surface area (Å²) in [6, 6.07) is 0. The zero-order valence-electron chi connectivity index (χ0n) is 12.9. The Morgan fingerprint density at radius 2 is 1.83 bits per heavy atom. The van der Waals surface area contributed by atoms with Gasteiger partial charge < -0.3 is 0 Å². The Morgan fingerprint density at radius 3 is 2.29 bits per heavy atom. The highest BCUT2D eigenvalue weighted by Crippen LogP contribution is 2.73. The maximum Gasteiger partial charge on any atom is 0.291 e. The minimum Gasteiger partial charge on any atom is -0.274 e. The number of nitrogens with zero attached hydrogens (tertiary/aromatic N) is 3. The van der Waals surface area contributed by atoms with Crippen LogP contribution in [-0.2, 0) is 16.6 Å². The van der Waals surface area contributed by atoms with Gasteiger partial charge in [-0.3, -0.25) is 24.5 Å². The third kappa shape index (κ3) is 1.57. The third-order valence-electron chi connectivity index (χ3n) is 6.07. The van der Waals surface area contributed by atoms with Crippen LogP contribution in [-0.4, -0.2) is 32.5 Å². The maximum atomic E-state index is 12.8. The first-order valence-corrected chi connectivity index (χ1v) is 8.79. The number of nitrogens with one attached hydrogen (secondary N) is 1. The molecule has 4 aliphatic rings. The van der Waals surface area contributed by atoms with Gasteiger partial charge in [-0.15, -0.1) is 0 Å². The number of allylic oxidation sites excluding steroid dienone is 2. The molecule has 3 fully saturated rings. The zero-order chi connectivity index (χ0) is 16.8. The molecule has 24 heavy (non-hydrogen) atoms. The molecule has 2 bridgehead atoms. The summed E-state index contributed by atoms with van der Waals surface area (Å²) < 4.78 is 2.00. The van der Waals surface area contributed by atoms with Crippen LogP contribution in [0, 0.1) is 29.1 Å². The van der Waals surface area contributed by atoms with Crippen LogP contribution in [0.1, 0.15) is 23.3 Å². The first kappa shape index (κ1) is 14.4. The average molecular weight is 391 g/mol. The molecule has 1 saturated heterocycles. The molecule has 5 rings (SSSR count). The number of carbonyl (C=O) groups excluding carboxylic acids is 3. The monoisotopic (exact) mass is 390 g/mol. The summed E-state index contributed by atoms with van der Waals surface area (Å²) in [4.78, 5) is 37.9. The van der Waals surface area contributed by atoms with E-state index in [9.17, 15) is 14.4 Å². The molecule has 2 heterocycles. The Bertz CT molecular complexity index is 806. The molecule has 1 aromatic heterocycles. The first-order chi connectivity index (χ1) is 11.4. The molecule has 4 atom stereocenters. The van der Waals surface area contributed by atoms with Crippen molar-refractivity contribution >= 4 is 33.7 Å². The van der Waals surface area contributed by atoms with Gasteiger partial charge >= 0.3 is 0 Å². The van der Waals surface area contributed by atoms with Crippen LogP contribution in [0.5, 0.6) is 0 Å². The quantitative estimate of drug-likeness (QED) is 0.603. The number of aryl methyl sites for hydroxylation is 1. The van der Waals surface area contributed by atoms with Crippen molar-refractivity contribution in [1.29, 1.82) is 0 Å². The van der Waals surface area contributed by atoms with E-state index in [1.807, 2.05) is 0 Å². The lowest BCUT2D eigenvalue weighted by molar-refractivity contribution is -0.144. The Morgan fingerprint density at radius 1 is 1.25 bits per heavy atom. The normalized spacial score (nSPS) is 34.3. The van der Waals surface area contributed by atoms with Crippen LogP contribution in [0.15, 0.2) is 22.8 Å². The molecule has 0 aromatic carbocycles. The predicted molar refractivity (Wildman–Crippen MR) is 85.0 cm³/mol. The molecule has 0 unspecified atom stereocenters. The van der Waals surface area contributed by atoms with Gasteiger partial charge in [0, 0.05) is 13.2 Å². The molecule has 1 N–H and O–H groups in total. The lowest BCUT2D eigenvalue weighted by Gasteiger charge is -2.21. The molecule has 3 aliphatic carbocycles. The zero-order valence-corrected chi connectivity index (χ0v) is 14.5. The smallest absolute Gasteiger partial charge is 0.274 e. The third-order valence-corrected chi connectivity index (χ3v) is 6.65. The summed E-state index contributed by atoms with van der Waals surface area (Å²) in [5.74, 6) is -1.47. The van der Waals surface area contributed by atoms with Crippen LogP contribution >= 0.6 is 15.9 Å². The van der Waals surface area contributed by atoms with Gasteiger partial charge in [-0.1, -0.05) is 12.2 Å². The van der Waals surface area contributed by atoms with Crippen LogP contribution in [0.25, 0.3) is 0 Å². The van der Waals surface area contributed by atoms with Gasteiger partial charge in [0.1, 0.15) is 0 Å². The minimum absolute atomic E-state index is 0.146. The van der Waals surface area contributed by atoms with Crippen molar-refractivity contribution in [3.63, 3.8) is 0 Å². The van der Waals surface area contributed by atoms with Gasteiger partial charge in [0.2, 0.25) is 0 Å². The van der Waals surface area contributed by atoms with Gasteiger partial charge in [-0.2, -0.15) is 10.1 Å². The number of imide groups is 1. The van der Waals surface area contributed by atoms with Crippen molar-refractivity contribution in [3.8, 4) is 0 Å². The first-order valence-electron chi connectivity index (χ1n) is 8.00. The molecule has 3 amide bonds. The minimum atomic E-state index is -0.564. The highest BCUT2D eigenvalue weighted by Gasteiger charge is 2.73. The predicted octanol–water partition coefficient (Wildman–Crippen LogP) is 1.02. The topological polar surface area (TPSA) is 84.3 Å². The van der Waals surface area contributed by atoms with Gasteiger partial charge in [-0.25, -0.2) is 0 Å². The average Bonchev–Trinajstić information content (AvgIpc) is 2.99. The largest absolute Gasteiger partial charge is 0.291 e. The van der Waals surface area contributed by atoms with Gasteiger partial charge in [0.15, 0.2) is 5.69 Å². The van der Waals surface area contributed by atoms with Crippen molar-refractivity contribution in [2.45, 2.75) is 12.8 Å². The molecule has 0 radical (unpaired) electrons. The fourth-order valence-electron chi connectivity index (χ4n) is 4.96. The van der Waals surface area contributed by atoms with Crippen molar-refractivity contribution in [1.82, 2.24) is 20.2 Å². The van der Waals surface area contributed by atoms with E-state index in [4.69, 9.17) is 0 Å². The number of amides is 3. The summed E-state index contributed by atoms with van der Waals surface area (Å²) in [7, 11) is 1.69. The van der Waals surface area contributed by atoms with Crippen molar-refractivity contribution in [2.24, 2.45) is 36.1 Å². The second-order valence-corrected chi connectivity index (χ2v) is 8.03. The number of rotatable bonds is 2. The number of aromatic nitrogens is 2. The number of hydrogen-bond donors (Lipinski definition) is 1. The summed E-state index contributed by atoms with van der Waals surface area (Å²) >= 11 is 3.26. The molecule has 1 aromatic rings. The number of hydrogen-bond acceptors (Lipinski definition) is 4. The van der Waals surface area contributed by atoms with Gasteiger partial charge in [0.25, 0.3) is 17.7 Å². The standard InChI is InChI=1S/C16H15BrN4O3/c1-20-6-9(17)12(18-20)13(22)19-21-14(23)10-7-2-3-8(11(10)15(21)24)16(7)4-5-16/h2-3,6-8,10-11H,4-5H2,1H3,(H,19,22)/t7-,8-,10+,11+/m1/s1. The van der Waals surface area contributed by atoms with E-state index >= 15 is 0 Å². The molecule has 1 aliphatic heterocycles. The van der Waals surface area contributed by atoms with Crippen LogP contribution in [0.2, 0.25) is 0 Å². The summed E-state index contributed by atoms with van der Waals surface area (Å²) in [5.41, 5.74) is 2.76. The summed E-state index contributed by atoms with van der Waals surface area (Å²) in [6.07, 6.45) is 8.03. The van der Waals surface area contributed by atoms with E-state index in [1.165, 1.54) is 4.68 Å². The lowest BCUT2D eigenvalue weighted by atomic mass is 9.85. The Balaban J connectivity index is 1.42. The fourth-order valence-corrected chi connectivity index (χ4v) is 5.51. The summed E-state index contributed by atoms with van der Waals surface area (Å²) in [6.45, 7) is 0. The maximum absolute atomic E-state index is 12.8. The van der Waals surface area contributed by atoms with E-state index in [0.29, 0.717) is 4.47 Å². The van der Waals surface area contributed by atoms with E-state index in [-0.39, 0.29) is 46.6 Å². The number of hydrazine groups is 1. The Labute approximate surface area is 146 Å². The van der Waals surface area contributed by atoms with E-state index in [2.05, 4.69) is 38.6 Å². The second-order valence-electron chi connectivity index (χ2n) is 7.17. The van der Waals surface area contributed by atoms with Crippen molar-refractivity contribution in [3.05, 3.63) is 28.5 Å². The number of fused-ring (bicyclic) bond motifs is 3. The van der Waals surface area contributed by atoms with Crippen LogP contribution in [0.3, 0.4) is 0 Å². The molecule has 7 nitrogen and oxygen atoms in total. The molecule has 124 valence electrons. The molecule has 1 spiro atoms. The molecular weight excluding hydrogens is 376 g/mol. The van der Waals surface area contributed by atoms with E-state index < -0.39 is 5.91 Å². The number of halogens is 1. The summed E-state index contributed by atoms with van der Waals surface area (Å²) in [5, 5.41) is 4.96. The Kier molecular flexibility index (Phi) is 2.61. The van der Waals surface area contributed by atoms with Crippen LogP contribution < -0.4 is 5.43 Å². The molecule has 2 saturated carbocycles. The number of carbonyl (C=O) groups is 3. The Hall–Kier alpha value is -1.96. The van der Waals surface area contributed by atoms with E-state index in [1.54, 1.807) is 13.2 Å². The van der Waals surface area contributed by atoms with Crippen molar-refractivity contribution in [2.75, 3.05) is 0 Å². The molecule has 8 heteroatoms. The fraction of sp³-hybridized carbons (Fsp3) is 0.500. The van der Waals surface area contributed by atoms with Gasteiger partial charge in [0.05, 0.1) is 16.3 Å². The van der Waals surface area contributed by atoms with Crippen molar-refractivity contribution < 1.29 is 14.4 Å².